The van der Waals surface area contributed by atoms with Crippen molar-refractivity contribution in [2.75, 3.05) is 20.3 Å². The number of methoxy groups -OCH3 is 1. The summed E-state index contributed by atoms with van der Waals surface area (Å²) in [5.41, 5.74) is 2.54. The number of carbonyl (C=O) groups is 3. The second kappa shape index (κ2) is 10.5. The molecule has 2 rings (SSSR count). The second-order valence-corrected chi connectivity index (χ2v) is 8.33. The highest BCUT2D eigenvalue weighted by atomic mass is 16.5. The molecular weight excluding hydrogens is 408 g/mol. The number of Topliss-reactive ketones (excluding diaryl/α,β-unsaturated/α-hetero) is 1. The van der Waals surface area contributed by atoms with Gasteiger partial charge in [0.1, 0.15) is 11.4 Å². The Hall–Kier alpha value is -3.09. The monoisotopic (exact) mass is 442 g/mol. The van der Waals surface area contributed by atoms with Crippen LogP contribution in [0.25, 0.3) is 0 Å². The van der Waals surface area contributed by atoms with E-state index in [4.69, 9.17) is 9.47 Å². The Morgan fingerprint density at radius 1 is 1.06 bits per heavy atom. The zero-order chi connectivity index (χ0) is 24.2. The number of ether oxygens (including phenoxy) is 2. The summed E-state index contributed by atoms with van der Waals surface area (Å²) in [6.07, 6.45) is 0. The van der Waals surface area contributed by atoms with E-state index in [2.05, 4.69) is 0 Å². The van der Waals surface area contributed by atoms with Crippen LogP contribution in [0.15, 0.2) is 24.3 Å². The molecular formula is C25H34N2O5. The van der Waals surface area contributed by atoms with Crippen LogP contribution in [0.1, 0.15) is 70.2 Å². The van der Waals surface area contributed by atoms with Crippen molar-refractivity contribution >= 4 is 17.7 Å². The van der Waals surface area contributed by atoms with Crippen molar-refractivity contribution < 1.29 is 23.9 Å². The first kappa shape index (κ1) is 25.2. The van der Waals surface area contributed by atoms with Crippen LogP contribution < -0.4 is 4.74 Å². The van der Waals surface area contributed by atoms with Crippen molar-refractivity contribution in [3.63, 3.8) is 0 Å². The van der Waals surface area contributed by atoms with Crippen molar-refractivity contribution in [3.8, 4) is 5.75 Å². The molecule has 0 bridgehead atoms. The minimum absolute atomic E-state index is 0.167. The number of aromatic nitrogens is 1. The van der Waals surface area contributed by atoms with E-state index in [-0.39, 0.29) is 24.2 Å². The zero-order valence-electron chi connectivity index (χ0n) is 20.3. The molecule has 0 spiro atoms. The van der Waals surface area contributed by atoms with Crippen LogP contribution in [-0.2, 0) is 11.8 Å². The van der Waals surface area contributed by atoms with E-state index in [1.54, 1.807) is 75.6 Å². The average Bonchev–Trinajstić information content (AvgIpc) is 2.98. The standard InChI is InChI=1S/C25H34N2O5/c1-9-32-25(30)22-16(4)21(17(5)26(22)7)23(28)18(6)27(14-15(2)3)24(29)19-10-12-20(31-8)13-11-19/h10-13,15,18H,9,14H2,1-8H3. The molecule has 0 aliphatic heterocycles. The molecule has 0 saturated carbocycles. The average molecular weight is 443 g/mol. The third kappa shape index (κ3) is 5.03. The van der Waals surface area contributed by atoms with Gasteiger partial charge in [0.05, 0.1) is 19.8 Å². The van der Waals surface area contributed by atoms with Crippen LogP contribution in [0.4, 0.5) is 0 Å². The van der Waals surface area contributed by atoms with Crippen LogP contribution in [0, 0.1) is 19.8 Å². The summed E-state index contributed by atoms with van der Waals surface area (Å²) >= 11 is 0. The maximum absolute atomic E-state index is 13.6. The SMILES string of the molecule is CCOC(=O)c1c(C)c(C(=O)C(C)N(CC(C)C)C(=O)c2ccc(OC)cc2)c(C)n1C. The molecule has 0 aliphatic rings. The van der Waals surface area contributed by atoms with Gasteiger partial charge >= 0.3 is 5.97 Å². The number of hydrogen-bond acceptors (Lipinski definition) is 5. The van der Waals surface area contributed by atoms with Gasteiger partial charge in [0, 0.05) is 30.4 Å². The third-order valence-electron chi connectivity index (χ3n) is 5.65. The molecule has 7 heteroatoms. The molecule has 2 aromatic rings. The highest BCUT2D eigenvalue weighted by Crippen LogP contribution is 2.26. The number of rotatable bonds is 9. The maximum Gasteiger partial charge on any atom is 0.355 e. The fourth-order valence-corrected chi connectivity index (χ4v) is 3.89. The van der Waals surface area contributed by atoms with Gasteiger partial charge in [-0.2, -0.15) is 0 Å². The summed E-state index contributed by atoms with van der Waals surface area (Å²) in [6.45, 7) is 11.7. The van der Waals surface area contributed by atoms with Crippen molar-refractivity contribution in [3.05, 3.63) is 52.3 Å². The van der Waals surface area contributed by atoms with Gasteiger partial charge < -0.3 is 18.9 Å². The summed E-state index contributed by atoms with van der Waals surface area (Å²) in [5.74, 6) is -0.0630. The highest BCUT2D eigenvalue weighted by molar-refractivity contribution is 6.07. The Bertz CT molecular complexity index is 989. The summed E-state index contributed by atoms with van der Waals surface area (Å²) in [5, 5.41) is 0. The first-order valence-corrected chi connectivity index (χ1v) is 10.9. The lowest BCUT2D eigenvalue weighted by molar-refractivity contribution is 0.0513. The van der Waals surface area contributed by atoms with Crippen molar-refractivity contribution in [1.29, 1.82) is 0 Å². The summed E-state index contributed by atoms with van der Waals surface area (Å²) in [6, 6.07) is 6.14. The van der Waals surface area contributed by atoms with Gasteiger partial charge in [0.2, 0.25) is 0 Å². The zero-order valence-corrected chi connectivity index (χ0v) is 20.3. The van der Waals surface area contributed by atoms with Crippen LogP contribution in [-0.4, -0.2) is 53.4 Å². The fraction of sp³-hybridized carbons (Fsp3) is 0.480. The molecule has 0 N–H and O–H groups in total. The molecule has 32 heavy (non-hydrogen) atoms. The Labute approximate surface area is 190 Å². The summed E-state index contributed by atoms with van der Waals surface area (Å²) in [4.78, 5) is 41.0. The van der Waals surface area contributed by atoms with Gasteiger partial charge in [-0.1, -0.05) is 13.8 Å². The molecule has 1 aromatic carbocycles. The molecule has 1 heterocycles. The van der Waals surface area contributed by atoms with Crippen LogP contribution >= 0.6 is 0 Å². The maximum atomic E-state index is 13.6. The third-order valence-corrected chi connectivity index (χ3v) is 5.65. The van der Waals surface area contributed by atoms with Crippen LogP contribution in [0.5, 0.6) is 5.75 Å². The molecule has 0 fully saturated rings. The lowest BCUT2D eigenvalue weighted by Gasteiger charge is -2.30. The lowest BCUT2D eigenvalue weighted by atomic mass is 9.98. The minimum Gasteiger partial charge on any atom is -0.497 e. The Balaban J connectivity index is 2.45. The van der Waals surface area contributed by atoms with Gasteiger partial charge in [0.15, 0.2) is 5.78 Å². The number of ketones is 1. The number of benzene rings is 1. The Kier molecular flexibility index (Phi) is 8.25. The van der Waals surface area contributed by atoms with E-state index in [0.29, 0.717) is 40.4 Å². The molecule has 0 saturated heterocycles. The first-order chi connectivity index (χ1) is 15.0. The number of nitrogens with zero attached hydrogens (tertiary/aromatic N) is 2. The van der Waals surface area contributed by atoms with Gasteiger partial charge in [0.25, 0.3) is 5.91 Å². The minimum atomic E-state index is -0.707. The summed E-state index contributed by atoms with van der Waals surface area (Å²) < 4.78 is 12.0. The smallest absolute Gasteiger partial charge is 0.355 e. The van der Waals surface area contributed by atoms with E-state index in [1.165, 1.54) is 0 Å². The Morgan fingerprint density at radius 3 is 2.16 bits per heavy atom. The van der Waals surface area contributed by atoms with E-state index >= 15 is 0 Å². The number of amides is 1. The molecule has 1 unspecified atom stereocenters. The van der Waals surface area contributed by atoms with E-state index in [9.17, 15) is 14.4 Å². The molecule has 1 atom stereocenters. The van der Waals surface area contributed by atoms with Crippen LogP contribution in [0.3, 0.4) is 0 Å². The molecule has 174 valence electrons. The highest BCUT2D eigenvalue weighted by Gasteiger charge is 2.33. The number of carbonyl (C=O) groups excluding carboxylic acids is 3. The van der Waals surface area contributed by atoms with Gasteiger partial charge in [-0.3, -0.25) is 9.59 Å². The number of esters is 1. The van der Waals surface area contributed by atoms with E-state index in [0.717, 1.165) is 0 Å². The predicted octanol–water partition coefficient (Wildman–Crippen LogP) is 4.20. The second-order valence-electron chi connectivity index (χ2n) is 8.33. The van der Waals surface area contributed by atoms with Crippen molar-refractivity contribution in [1.82, 2.24) is 9.47 Å². The van der Waals surface area contributed by atoms with Gasteiger partial charge in [-0.25, -0.2) is 4.79 Å². The molecule has 7 nitrogen and oxygen atoms in total. The quantitative estimate of drug-likeness (QED) is 0.430. The normalized spacial score (nSPS) is 11.9. The van der Waals surface area contributed by atoms with Gasteiger partial charge in [-0.15, -0.1) is 0 Å². The largest absolute Gasteiger partial charge is 0.497 e. The fourth-order valence-electron chi connectivity index (χ4n) is 3.89. The van der Waals surface area contributed by atoms with Crippen molar-refractivity contribution in [2.24, 2.45) is 13.0 Å². The Morgan fingerprint density at radius 2 is 1.66 bits per heavy atom. The van der Waals surface area contributed by atoms with E-state index in [1.807, 2.05) is 13.8 Å². The molecule has 0 radical (unpaired) electrons. The lowest BCUT2D eigenvalue weighted by Crippen LogP contribution is -2.45. The van der Waals surface area contributed by atoms with Crippen LogP contribution in [0.2, 0.25) is 0 Å². The molecule has 0 aliphatic carbocycles. The molecule has 1 aromatic heterocycles. The first-order valence-electron chi connectivity index (χ1n) is 10.9. The molecule has 1 amide bonds. The predicted molar refractivity (Wildman–Crippen MR) is 124 cm³/mol. The number of hydrogen-bond donors (Lipinski definition) is 0. The summed E-state index contributed by atoms with van der Waals surface area (Å²) in [7, 11) is 3.31. The topological polar surface area (TPSA) is 77.8 Å². The van der Waals surface area contributed by atoms with Gasteiger partial charge in [-0.05, 0) is 63.4 Å². The van der Waals surface area contributed by atoms with Crippen molar-refractivity contribution in [2.45, 2.75) is 47.6 Å². The van der Waals surface area contributed by atoms with E-state index < -0.39 is 12.0 Å².